The number of aliphatic hydroxyl groups excluding tert-OH is 1. The highest BCUT2D eigenvalue weighted by molar-refractivity contribution is 5.92. The molecule has 0 aliphatic carbocycles. The number of nitrogens with two attached hydrogens (primary N) is 1. The zero-order valence-corrected chi connectivity index (χ0v) is 20.2. The molecule has 36 heavy (non-hydrogen) atoms. The Morgan fingerprint density at radius 1 is 1.03 bits per heavy atom. The van der Waals surface area contributed by atoms with Crippen LogP contribution >= 0.6 is 0 Å². The number of amides is 1. The number of carbonyl (C=O) groups is 1. The van der Waals surface area contributed by atoms with E-state index in [1.807, 2.05) is 24.3 Å². The predicted octanol–water partition coefficient (Wildman–Crippen LogP) is 3.10. The molecule has 1 aromatic heterocycles. The second kappa shape index (κ2) is 10.7. The van der Waals surface area contributed by atoms with Gasteiger partial charge in [0.2, 0.25) is 5.91 Å². The second-order valence-electron chi connectivity index (χ2n) is 9.30. The number of para-hydroxylation sites is 1. The first-order chi connectivity index (χ1) is 17.2. The van der Waals surface area contributed by atoms with Crippen LogP contribution in [0.3, 0.4) is 0 Å². The van der Waals surface area contributed by atoms with Crippen LogP contribution in [0, 0.1) is 0 Å². The summed E-state index contributed by atoms with van der Waals surface area (Å²) >= 11 is 0. The second-order valence-corrected chi connectivity index (χ2v) is 9.30. The van der Waals surface area contributed by atoms with E-state index in [9.17, 15) is 14.7 Å². The number of imidazole rings is 1. The van der Waals surface area contributed by atoms with E-state index >= 15 is 0 Å². The Kier molecular flexibility index (Phi) is 7.42. The van der Waals surface area contributed by atoms with Gasteiger partial charge >= 0.3 is 5.69 Å². The molecule has 0 aliphatic rings. The van der Waals surface area contributed by atoms with E-state index in [0.29, 0.717) is 40.4 Å². The molecule has 0 saturated heterocycles. The van der Waals surface area contributed by atoms with Crippen molar-refractivity contribution in [3.63, 3.8) is 0 Å². The quantitative estimate of drug-likeness (QED) is 0.219. The van der Waals surface area contributed by atoms with Gasteiger partial charge in [0.05, 0.1) is 5.52 Å². The molecule has 0 fully saturated rings. The van der Waals surface area contributed by atoms with Gasteiger partial charge in [0, 0.05) is 17.6 Å². The lowest BCUT2D eigenvalue weighted by Crippen LogP contribution is -2.46. The predicted molar refractivity (Wildman–Crippen MR) is 138 cm³/mol. The fourth-order valence-electron chi connectivity index (χ4n) is 3.86. The summed E-state index contributed by atoms with van der Waals surface area (Å²) in [5, 5.41) is 13.8. The number of β-amino-alcohol motifs (C(OH)–C–C–N with tert-alkyl or cyclic N) is 1. The first-order valence-electron chi connectivity index (χ1n) is 11.6. The monoisotopic (exact) mass is 490 g/mol. The van der Waals surface area contributed by atoms with Crippen LogP contribution in [0.15, 0.2) is 71.5 Å². The van der Waals surface area contributed by atoms with E-state index in [0.717, 1.165) is 12.0 Å². The van der Waals surface area contributed by atoms with Crippen molar-refractivity contribution < 1.29 is 19.4 Å². The topological polar surface area (TPSA) is 142 Å². The summed E-state index contributed by atoms with van der Waals surface area (Å²) in [7, 11) is 0. The molecule has 6 N–H and O–H groups in total. The number of rotatable bonds is 11. The van der Waals surface area contributed by atoms with Crippen molar-refractivity contribution in [1.29, 1.82) is 0 Å². The molecule has 188 valence electrons. The molecule has 0 saturated carbocycles. The largest absolute Gasteiger partial charge is 0.489 e. The summed E-state index contributed by atoms with van der Waals surface area (Å²) in [4.78, 5) is 28.1. The van der Waals surface area contributed by atoms with E-state index in [2.05, 4.69) is 29.1 Å². The van der Waals surface area contributed by atoms with Gasteiger partial charge in [0.25, 0.3) is 0 Å². The molecule has 0 aliphatic heterocycles. The van der Waals surface area contributed by atoms with Gasteiger partial charge in [0.15, 0.2) is 0 Å². The number of primary amides is 1. The van der Waals surface area contributed by atoms with Crippen LogP contribution in [-0.2, 0) is 6.42 Å². The Morgan fingerprint density at radius 3 is 2.36 bits per heavy atom. The van der Waals surface area contributed by atoms with E-state index in [-0.39, 0.29) is 17.8 Å². The van der Waals surface area contributed by atoms with Crippen LogP contribution in [0.5, 0.6) is 17.2 Å². The minimum absolute atomic E-state index is 0.0852. The Bertz CT molecular complexity index is 1370. The first-order valence-corrected chi connectivity index (χ1v) is 11.6. The third-order valence-electron chi connectivity index (χ3n) is 5.70. The number of hydrogen-bond donors (Lipinski definition) is 5. The maximum absolute atomic E-state index is 11.5. The highest BCUT2D eigenvalue weighted by atomic mass is 16.5. The Labute approximate surface area is 208 Å². The van der Waals surface area contributed by atoms with Crippen molar-refractivity contribution in [1.82, 2.24) is 15.3 Å². The normalized spacial score (nSPS) is 12.4. The number of ether oxygens (including phenoxy) is 2. The average Bonchev–Trinajstić information content (AvgIpc) is 3.23. The number of fused-ring (bicyclic) bond motifs is 1. The maximum atomic E-state index is 11.5. The number of nitrogens with one attached hydrogen (secondary N) is 3. The Morgan fingerprint density at radius 2 is 1.69 bits per heavy atom. The highest BCUT2D eigenvalue weighted by Crippen LogP contribution is 2.24. The molecule has 3 aromatic carbocycles. The molecule has 1 heterocycles. The number of carbonyl (C=O) groups excluding carboxylic acids is 1. The lowest BCUT2D eigenvalue weighted by Gasteiger charge is -2.28. The zero-order valence-electron chi connectivity index (χ0n) is 20.2. The molecule has 4 rings (SSSR count). The van der Waals surface area contributed by atoms with Crippen molar-refractivity contribution >= 4 is 16.9 Å². The highest BCUT2D eigenvalue weighted by Gasteiger charge is 2.20. The van der Waals surface area contributed by atoms with Gasteiger partial charge in [-0.05, 0) is 74.4 Å². The first kappa shape index (κ1) is 25.0. The van der Waals surface area contributed by atoms with E-state index in [4.69, 9.17) is 15.2 Å². The van der Waals surface area contributed by atoms with E-state index in [1.54, 1.807) is 42.5 Å². The molecule has 4 aromatic rings. The molecule has 0 radical (unpaired) electrons. The standard InChI is InChI=1S/C27H30N4O5/c1-27(2,29-15-19(32)16-35-23-5-3-4-22-24(23)31-26(34)30-22)14-17-6-10-20(11-7-17)36-21-12-8-18(9-13-21)25(28)33/h3-13,19,29,32H,14-16H2,1-2H3,(H2,28,33)(H2,30,31,34)/t19-/m0/s1. The summed E-state index contributed by atoms with van der Waals surface area (Å²) in [6.07, 6.45) is -0.000143. The summed E-state index contributed by atoms with van der Waals surface area (Å²) < 4.78 is 11.6. The SMILES string of the molecule is CC(C)(Cc1ccc(Oc2ccc(C(N)=O)cc2)cc1)NC[C@H](O)COc1cccc2[nH]c(=O)[nH]c12. The molecular weight excluding hydrogens is 460 g/mol. The smallest absolute Gasteiger partial charge is 0.323 e. The van der Waals surface area contributed by atoms with Gasteiger partial charge in [-0.25, -0.2) is 4.79 Å². The van der Waals surface area contributed by atoms with E-state index in [1.165, 1.54) is 0 Å². The van der Waals surface area contributed by atoms with Crippen LogP contribution in [0.25, 0.3) is 11.0 Å². The summed E-state index contributed by atoms with van der Waals surface area (Å²) in [5.74, 6) is 1.33. The summed E-state index contributed by atoms with van der Waals surface area (Å²) in [6.45, 7) is 4.56. The summed E-state index contributed by atoms with van der Waals surface area (Å²) in [6, 6.07) is 19.7. The lowest BCUT2D eigenvalue weighted by molar-refractivity contribution is 0.0994. The number of aromatic nitrogens is 2. The number of aliphatic hydroxyl groups is 1. The summed E-state index contributed by atoms with van der Waals surface area (Å²) in [5.41, 5.74) is 7.46. The maximum Gasteiger partial charge on any atom is 0.323 e. The lowest BCUT2D eigenvalue weighted by atomic mass is 9.94. The van der Waals surface area contributed by atoms with Gasteiger partial charge in [-0.3, -0.25) is 4.79 Å². The van der Waals surface area contributed by atoms with Gasteiger partial charge in [-0.2, -0.15) is 0 Å². The van der Waals surface area contributed by atoms with Gasteiger partial charge < -0.3 is 35.6 Å². The number of hydrogen-bond acceptors (Lipinski definition) is 6. The van der Waals surface area contributed by atoms with Crippen molar-refractivity contribution in [2.75, 3.05) is 13.2 Å². The van der Waals surface area contributed by atoms with Crippen LogP contribution in [0.2, 0.25) is 0 Å². The van der Waals surface area contributed by atoms with Crippen molar-refractivity contribution in [2.45, 2.75) is 31.9 Å². The van der Waals surface area contributed by atoms with Crippen molar-refractivity contribution in [3.8, 4) is 17.2 Å². The van der Waals surface area contributed by atoms with Crippen LogP contribution in [-0.4, -0.2) is 45.8 Å². The Hall–Kier alpha value is -4.08. The number of aromatic amines is 2. The van der Waals surface area contributed by atoms with E-state index < -0.39 is 12.0 Å². The third-order valence-corrected chi connectivity index (χ3v) is 5.70. The number of H-pyrrole nitrogens is 2. The molecule has 1 amide bonds. The van der Waals surface area contributed by atoms with Crippen molar-refractivity contribution in [2.24, 2.45) is 5.73 Å². The fraction of sp³-hybridized carbons (Fsp3) is 0.259. The van der Waals surface area contributed by atoms with Crippen LogP contribution in [0.4, 0.5) is 0 Å². The molecule has 0 bridgehead atoms. The minimum Gasteiger partial charge on any atom is -0.489 e. The Balaban J connectivity index is 1.26. The van der Waals surface area contributed by atoms with Gasteiger partial charge in [-0.1, -0.05) is 18.2 Å². The number of benzene rings is 3. The molecule has 9 heteroatoms. The average molecular weight is 491 g/mol. The van der Waals surface area contributed by atoms with Gasteiger partial charge in [0.1, 0.15) is 35.5 Å². The third kappa shape index (κ3) is 6.53. The van der Waals surface area contributed by atoms with Gasteiger partial charge in [-0.15, -0.1) is 0 Å². The van der Waals surface area contributed by atoms with Crippen molar-refractivity contribution in [3.05, 3.63) is 88.3 Å². The zero-order chi connectivity index (χ0) is 25.7. The van der Waals surface area contributed by atoms with Crippen LogP contribution < -0.4 is 26.2 Å². The molecule has 1 atom stereocenters. The molecule has 0 unspecified atom stereocenters. The minimum atomic E-state index is -0.734. The fourth-order valence-corrected chi connectivity index (χ4v) is 3.86. The van der Waals surface area contributed by atoms with Crippen LogP contribution in [0.1, 0.15) is 29.8 Å². The molecule has 0 spiro atoms. The molecule has 9 nitrogen and oxygen atoms in total. The molecular formula is C27H30N4O5.